The molecule has 3 aromatic carbocycles. The number of carbonyl (C=O) groups excluding carboxylic acids is 2. The van der Waals surface area contributed by atoms with Gasteiger partial charge in [0.15, 0.2) is 17.3 Å². The maximum absolute atomic E-state index is 14.1. The number of piperazine rings is 1. The Bertz CT molecular complexity index is 1720. The summed E-state index contributed by atoms with van der Waals surface area (Å²) < 4.78 is 60.8. The lowest BCUT2D eigenvalue weighted by Crippen LogP contribution is -2.48. The molecular formula is C35H36F4N4O4. The van der Waals surface area contributed by atoms with Gasteiger partial charge in [-0.15, -0.1) is 13.2 Å². The molecule has 4 aromatic rings. The monoisotopic (exact) mass is 652 g/mol. The molecule has 12 heteroatoms. The molecule has 0 spiro atoms. The van der Waals surface area contributed by atoms with Gasteiger partial charge in [-0.1, -0.05) is 35.9 Å². The molecule has 0 radical (unpaired) electrons. The van der Waals surface area contributed by atoms with E-state index in [2.05, 4.69) is 46.1 Å². The molecule has 6 rings (SSSR count). The second kappa shape index (κ2) is 13.7. The lowest BCUT2D eigenvalue weighted by atomic mass is 10.0. The molecule has 1 N–H and O–H groups in total. The average molecular weight is 653 g/mol. The highest BCUT2D eigenvalue weighted by atomic mass is 19.4. The van der Waals surface area contributed by atoms with Gasteiger partial charge >= 0.3 is 6.36 Å². The first-order chi connectivity index (χ1) is 22.5. The molecule has 2 saturated heterocycles. The minimum Gasteiger partial charge on any atom is -0.451 e. The largest absolute Gasteiger partial charge is 0.573 e. The topological polar surface area (TPSA) is 78.3 Å². The van der Waals surface area contributed by atoms with Crippen LogP contribution in [-0.4, -0.2) is 78.2 Å². The Balaban J connectivity index is 0.980. The highest BCUT2D eigenvalue weighted by Crippen LogP contribution is 2.27. The summed E-state index contributed by atoms with van der Waals surface area (Å²) in [6.45, 7) is 7.38. The smallest absolute Gasteiger partial charge is 0.451 e. The van der Waals surface area contributed by atoms with Gasteiger partial charge < -0.3 is 19.4 Å². The van der Waals surface area contributed by atoms with E-state index in [1.54, 1.807) is 24.3 Å². The van der Waals surface area contributed by atoms with E-state index in [9.17, 15) is 27.2 Å². The van der Waals surface area contributed by atoms with Gasteiger partial charge in [0, 0.05) is 69.3 Å². The summed E-state index contributed by atoms with van der Waals surface area (Å²) in [5.41, 5.74) is 4.08. The third-order valence-electron chi connectivity index (χ3n) is 8.72. The van der Waals surface area contributed by atoms with Crippen LogP contribution in [0.5, 0.6) is 5.75 Å². The van der Waals surface area contributed by atoms with Crippen molar-refractivity contribution in [2.75, 3.05) is 39.3 Å². The van der Waals surface area contributed by atoms with E-state index in [0.717, 1.165) is 31.8 Å². The Labute approximate surface area is 269 Å². The van der Waals surface area contributed by atoms with E-state index >= 15 is 0 Å². The number of hydrogen-bond donors (Lipinski definition) is 1. The number of hydrogen-bond acceptors (Lipinski definition) is 6. The van der Waals surface area contributed by atoms with Crippen LogP contribution in [-0.2, 0) is 13.1 Å². The zero-order chi connectivity index (χ0) is 33.1. The lowest BCUT2D eigenvalue weighted by molar-refractivity contribution is -0.275. The summed E-state index contributed by atoms with van der Waals surface area (Å²) in [6, 6.07) is 18.7. The first kappa shape index (κ1) is 32.5. The summed E-state index contributed by atoms with van der Waals surface area (Å²) in [5.74, 6) is -2.17. The normalized spacial score (nSPS) is 16.8. The highest BCUT2D eigenvalue weighted by molar-refractivity contribution is 6.00. The molecular weight excluding hydrogens is 616 g/mol. The number of furan rings is 1. The van der Waals surface area contributed by atoms with Crippen LogP contribution in [0.15, 0.2) is 71.1 Å². The molecule has 8 nitrogen and oxygen atoms in total. The van der Waals surface area contributed by atoms with Crippen LogP contribution in [0.25, 0.3) is 11.0 Å². The van der Waals surface area contributed by atoms with Crippen molar-refractivity contribution in [2.24, 2.45) is 0 Å². The quantitative estimate of drug-likeness (QED) is 0.231. The number of fused-ring (bicyclic) bond motifs is 1. The van der Waals surface area contributed by atoms with Gasteiger partial charge in [-0.2, -0.15) is 0 Å². The van der Waals surface area contributed by atoms with Crippen molar-refractivity contribution < 1.29 is 36.3 Å². The van der Waals surface area contributed by atoms with Crippen LogP contribution in [0.2, 0.25) is 0 Å². The van der Waals surface area contributed by atoms with E-state index < -0.39 is 17.9 Å². The zero-order valence-electron chi connectivity index (χ0n) is 26.0. The van der Waals surface area contributed by atoms with Gasteiger partial charge in [-0.3, -0.25) is 19.4 Å². The fourth-order valence-electron chi connectivity index (χ4n) is 6.13. The number of piperidine rings is 1. The van der Waals surface area contributed by atoms with Crippen molar-refractivity contribution in [3.05, 3.63) is 101 Å². The molecule has 47 heavy (non-hydrogen) atoms. The van der Waals surface area contributed by atoms with Gasteiger partial charge in [0.05, 0.1) is 0 Å². The second-order valence-corrected chi connectivity index (χ2v) is 12.3. The zero-order valence-corrected chi connectivity index (χ0v) is 26.0. The summed E-state index contributed by atoms with van der Waals surface area (Å²) >= 11 is 0. The number of halogens is 4. The Morgan fingerprint density at radius 2 is 1.51 bits per heavy atom. The number of rotatable bonds is 8. The predicted octanol–water partition coefficient (Wildman–Crippen LogP) is 6.13. The predicted molar refractivity (Wildman–Crippen MR) is 167 cm³/mol. The van der Waals surface area contributed by atoms with Crippen molar-refractivity contribution in [3.63, 3.8) is 0 Å². The summed E-state index contributed by atoms with van der Waals surface area (Å²) in [6.07, 6.45) is -3.68. The summed E-state index contributed by atoms with van der Waals surface area (Å²) in [4.78, 5) is 32.6. The van der Waals surface area contributed by atoms with Gasteiger partial charge in [0.2, 0.25) is 0 Å². The van der Waals surface area contributed by atoms with E-state index in [1.165, 1.54) is 17.2 Å². The third kappa shape index (κ3) is 8.30. The Morgan fingerprint density at radius 1 is 0.851 bits per heavy atom. The number of aryl methyl sites for hydroxylation is 1. The molecule has 2 fully saturated rings. The number of alkyl halides is 3. The molecule has 1 aromatic heterocycles. The van der Waals surface area contributed by atoms with Crippen molar-refractivity contribution >= 4 is 22.8 Å². The molecule has 0 saturated carbocycles. The lowest BCUT2D eigenvalue weighted by Gasteiger charge is -2.34. The molecule has 0 unspecified atom stereocenters. The summed E-state index contributed by atoms with van der Waals surface area (Å²) in [7, 11) is 0. The van der Waals surface area contributed by atoms with Crippen LogP contribution >= 0.6 is 0 Å². The maximum atomic E-state index is 14.1. The molecule has 0 atom stereocenters. The van der Waals surface area contributed by atoms with Crippen LogP contribution in [0.3, 0.4) is 0 Å². The number of carbonyl (C=O) groups is 2. The van der Waals surface area contributed by atoms with Gasteiger partial charge in [-0.05, 0) is 67.3 Å². The molecule has 2 aliphatic rings. The minimum absolute atomic E-state index is 0.0471. The maximum Gasteiger partial charge on any atom is 0.573 e. The van der Waals surface area contributed by atoms with Crippen LogP contribution < -0.4 is 10.1 Å². The van der Waals surface area contributed by atoms with Crippen LogP contribution in [0.4, 0.5) is 17.6 Å². The SMILES string of the molecule is Cc1ccc(CN2CCN(C(=O)c3ccc4oc(C(=O)NC5CCN(Cc6ccc(OC(F)(F)F)c(F)c6)CC5)cc4c3)CC2)cc1. The average Bonchev–Trinajstić information content (AvgIpc) is 3.48. The van der Waals surface area contributed by atoms with E-state index in [4.69, 9.17) is 4.42 Å². The third-order valence-corrected chi connectivity index (χ3v) is 8.72. The van der Waals surface area contributed by atoms with Crippen molar-refractivity contribution in [1.29, 1.82) is 0 Å². The fourth-order valence-corrected chi connectivity index (χ4v) is 6.13. The Kier molecular flexibility index (Phi) is 9.51. The molecule has 2 amide bonds. The first-order valence-corrected chi connectivity index (χ1v) is 15.7. The number of nitrogens with zero attached hydrogens (tertiary/aromatic N) is 3. The van der Waals surface area contributed by atoms with Gasteiger partial charge in [0.1, 0.15) is 5.58 Å². The van der Waals surface area contributed by atoms with Gasteiger partial charge in [-0.25, -0.2) is 4.39 Å². The number of ether oxygens (including phenoxy) is 1. The van der Waals surface area contributed by atoms with Crippen molar-refractivity contribution in [2.45, 2.75) is 45.3 Å². The standard InChI is InChI=1S/C35H36F4N4O4/c1-23-2-4-24(5-3-23)21-42-14-16-43(17-15-42)34(45)26-7-9-30-27(19-26)20-32(46-30)33(44)40-28-10-12-41(13-11-28)22-25-6-8-31(29(36)18-25)47-35(37,38)39/h2-9,18-20,28H,10-17,21-22H2,1H3,(H,40,44). The van der Waals surface area contributed by atoms with Crippen LogP contribution in [0, 0.1) is 12.7 Å². The fraction of sp³-hybridized carbons (Fsp3) is 0.371. The first-order valence-electron chi connectivity index (χ1n) is 15.7. The van der Waals surface area contributed by atoms with E-state index in [-0.39, 0.29) is 23.6 Å². The number of likely N-dealkylation sites (tertiary alicyclic amines) is 1. The molecule has 3 heterocycles. The van der Waals surface area contributed by atoms with Gasteiger partial charge in [0.25, 0.3) is 11.8 Å². The minimum atomic E-state index is -4.96. The summed E-state index contributed by atoms with van der Waals surface area (Å²) in [5, 5.41) is 3.68. The number of amides is 2. The van der Waals surface area contributed by atoms with E-state index in [1.807, 2.05) is 9.80 Å². The Hall–Kier alpha value is -4.42. The van der Waals surface area contributed by atoms with Crippen molar-refractivity contribution in [3.8, 4) is 5.75 Å². The van der Waals surface area contributed by atoms with Crippen LogP contribution in [0.1, 0.15) is 50.4 Å². The molecule has 2 aliphatic heterocycles. The highest BCUT2D eigenvalue weighted by Gasteiger charge is 2.32. The Morgan fingerprint density at radius 3 is 2.19 bits per heavy atom. The number of nitrogens with one attached hydrogen (secondary N) is 1. The number of benzene rings is 3. The molecule has 248 valence electrons. The van der Waals surface area contributed by atoms with Crippen molar-refractivity contribution in [1.82, 2.24) is 20.0 Å². The van der Waals surface area contributed by atoms with E-state index in [0.29, 0.717) is 67.7 Å². The molecule has 0 bridgehead atoms. The molecule has 0 aliphatic carbocycles. The second-order valence-electron chi connectivity index (χ2n) is 12.3.